The lowest BCUT2D eigenvalue weighted by Crippen LogP contribution is -2.40. The number of nitrogens with zero attached hydrogens (tertiary/aromatic N) is 5. The molecule has 1 atom stereocenters. The number of H-pyrrole nitrogens is 1. The number of aryl methyl sites for hydroxylation is 2. The molecule has 7 nitrogen and oxygen atoms in total. The summed E-state index contributed by atoms with van der Waals surface area (Å²) in [6.45, 7) is 11.7. The second-order valence-electron chi connectivity index (χ2n) is 10.6. The van der Waals surface area contributed by atoms with E-state index in [1.807, 2.05) is 29.8 Å². The third-order valence-corrected chi connectivity index (χ3v) is 7.61. The Kier molecular flexibility index (Phi) is 6.54. The molecule has 0 aliphatic carbocycles. The van der Waals surface area contributed by atoms with Crippen molar-refractivity contribution in [3.05, 3.63) is 92.8 Å². The molecule has 0 spiro atoms. The van der Waals surface area contributed by atoms with Gasteiger partial charge in [-0.25, -0.2) is 9.07 Å². The lowest BCUT2D eigenvalue weighted by molar-refractivity contribution is 0.211. The van der Waals surface area contributed by atoms with Crippen LogP contribution in [0.15, 0.2) is 53.3 Å². The van der Waals surface area contributed by atoms with Gasteiger partial charge in [-0.1, -0.05) is 36.8 Å². The van der Waals surface area contributed by atoms with Crippen molar-refractivity contribution in [2.24, 2.45) is 0 Å². The maximum Gasteiger partial charge on any atom is 0.253 e. The first-order valence-corrected chi connectivity index (χ1v) is 12.8. The third-order valence-electron chi connectivity index (χ3n) is 7.61. The van der Waals surface area contributed by atoms with Crippen molar-refractivity contribution in [2.45, 2.75) is 59.0 Å². The summed E-state index contributed by atoms with van der Waals surface area (Å²) in [5.74, 6) is 0.410. The number of halogens is 1. The Morgan fingerprint density at radius 2 is 1.89 bits per heavy atom. The molecule has 192 valence electrons. The zero-order valence-electron chi connectivity index (χ0n) is 22.0. The molecule has 4 aromatic rings. The highest BCUT2D eigenvalue weighted by Crippen LogP contribution is 2.34. The van der Waals surface area contributed by atoms with E-state index in [1.165, 1.54) is 17.7 Å². The summed E-state index contributed by atoms with van der Waals surface area (Å²) in [4.78, 5) is 19.0. The van der Waals surface area contributed by atoms with Crippen LogP contribution in [-0.4, -0.2) is 43.2 Å². The average molecular weight is 501 g/mol. The molecule has 3 heterocycles. The van der Waals surface area contributed by atoms with E-state index in [2.05, 4.69) is 71.3 Å². The van der Waals surface area contributed by atoms with E-state index in [1.54, 1.807) is 0 Å². The highest BCUT2D eigenvalue weighted by Gasteiger charge is 2.35. The number of benzene rings is 2. The summed E-state index contributed by atoms with van der Waals surface area (Å²) in [7, 11) is 0. The van der Waals surface area contributed by atoms with Crippen LogP contribution in [-0.2, 0) is 5.54 Å². The summed E-state index contributed by atoms with van der Waals surface area (Å²) >= 11 is 0. The van der Waals surface area contributed by atoms with Gasteiger partial charge in [-0.3, -0.25) is 9.69 Å². The van der Waals surface area contributed by atoms with Gasteiger partial charge in [-0.15, -0.1) is 5.10 Å². The Morgan fingerprint density at radius 1 is 1.14 bits per heavy atom. The van der Waals surface area contributed by atoms with E-state index in [4.69, 9.17) is 0 Å². The molecule has 0 saturated heterocycles. The summed E-state index contributed by atoms with van der Waals surface area (Å²) in [5.41, 5.74) is 5.38. The fraction of sp³-hybridized carbons (Fsp3) is 0.379. The lowest BCUT2D eigenvalue weighted by Gasteiger charge is -2.35. The second-order valence-corrected chi connectivity index (χ2v) is 10.6. The topological polar surface area (TPSA) is 79.7 Å². The molecule has 8 heteroatoms. The molecule has 0 unspecified atom stereocenters. The van der Waals surface area contributed by atoms with Crippen LogP contribution in [0.3, 0.4) is 0 Å². The van der Waals surface area contributed by atoms with E-state index >= 15 is 0 Å². The molecule has 5 rings (SSSR count). The maximum atomic E-state index is 13.6. The van der Waals surface area contributed by atoms with Crippen LogP contribution in [0.25, 0.3) is 16.5 Å². The Balaban J connectivity index is 1.63. The van der Waals surface area contributed by atoms with E-state index in [0.29, 0.717) is 24.5 Å². The third kappa shape index (κ3) is 4.73. The van der Waals surface area contributed by atoms with E-state index in [0.717, 1.165) is 40.4 Å². The molecular weight excluding hydrogens is 467 g/mol. The minimum Gasteiger partial charge on any atom is -0.321 e. The van der Waals surface area contributed by atoms with Crippen molar-refractivity contribution in [2.75, 3.05) is 13.1 Å². The number of hydrogen-bond donors (Lipinski definition) is 1. The molecule has 0 bridgehead atoms. The number of aromatic nitrogens is 5. The smallest absolute Gasteiger partial charge is 0.253 e. The molecule has 0 fully saturated rings. The molecule has 1 aliphatic heterocycles. The first-order chi connectivity index (χ1) is 17.7. The van der Waals surface area contributed by atoms with Crippen LogP contribution in [0.5, 0.6) is 0 Å². The van der Waals surface area contributed by atoms with Gasteiger partial charge in [-0.05, 0) is 97.3 Å². The van der Waals surface area contributed by atoms with Crippen molar-refractivity contribution in [3.63, 3.8) is 0 Å². The highest BCUT2D eigenvalue weighted by atomic mass is 19.1. The fourth-order valence-electron chi connectivity index (χ4n) is 5.20. The van der Waals surface area contributed by atoms with Crippen LogP contribution in [0.2, 0.25) is 0 Å². The molecule has 0 radical (unpaired) electrons. The Morgan fingerprint density at radius 3 is 2.57 bits per heavy atom. The van der Waals surface area contributed by atoms with Crippen molar-refractivity contribution < 1.29 is 4.39 Å². The van der Waals surface area contributed by atoms with Gasteiger partial charge in [0.05, 0.1) is 11.1 Å². The molecule has 1 N–H and O–H groups in total. The van der Waals surface area contributed by atoms with Gasteiger partial charge in [0.15, 0.2) is 5.82 Å². The van der Waals surface area contributed by atoms with Crippen LogP contribution in [0, 0.1) is 19.7 Å². The van der Waals surface area contributed by atoms with Crippen molar-refractivity contribution in [1.82, 2.24) is 30.1 Å². The first kappa shape index (κ1) is 25.0. The zero-order valence-corrected chi connectivity index (χ0v) is 22.0. The number of aromatic amines is 1. The Bertz CT molecular complexity index is 1530. The van der Waals surface area contributed by atoms with Gasteiger partial charge in [0.1, 0.15) is 11.9 Å². The predicted octanol–water partition coefficient (Wildman–Crippen LogP) is 5.29. The van der Waals surface area contributed by atoms with Gasteiger partial charge in [0.25, 0.3) is 5.56 Å². The minimum atomic E-state index is -0.430. The maximum absolute atomic E-state index is 13.6. The number of pyridine rings is 1. The Hall–Kier alpha value is -3.65. The number of tetrazole rings is 1. The van der Waals surface area contributed by atoms with E-state index in [9.17, 15) is 9.18 Å². The number of rotatable bonds is 6. The quantitative estimate of drug-likeness (QED) is 0.389. The van der Waals surface area contributed by atoms with Gasteiger partial charge < -0.3 is 4.98 Å². The molecule has 1 aliphatic rings. The summed E-state index contributed by atoms with van der Waals surface area (Å²) < 4.78 is 15.3. The van der Waals surface area contributed by atoms with E-state index < -0.39 is 6.04 Å². The predicted molar refractivity (Wildman–Crippen MR) is 144 cm³/mol. The van der Waals surface area contributed by atoms with Crippen molar-refractivity contribution in [3.8, 4) is 0 Å². The Labute approximate surface area is 216 Å². The molecule has 0 saturated carbocycles. The monoisotopic (exact) mass is 500 g/mol. The molecule has 0 amide bonds. The minimum absolute atomic E-state index is 0.137. The van der Waals surface area contributed by atoms with Crippen LogP contribution in [0.1, 0.15) is 67.7 Å². The lowest BCUT2D eigenvalue weighted by atomic mass is 9.95. The summed E-state index contributed by atoms with van der Waals surface area (Å²) in [6, 6.07) is 12.4. The van der Waals surface area contributed by atoms with Gasteiger partial charge in [0.2, 0.25) is 0 Å². The van der Waals surface area contributed by atoms with Gasteiger partial charge in [0, 0.05) is 18.7 Å². The number of hydrogen-bond acceptors (Lipinski definition) is 5. The van der Waals surface area contributed by atoms with Crippen molar-refractivity contribution in [1.29, 1.82) is 0 Å². The van der Waals surface area contributed by atoms with Gasteiger partial charge >= 0.3 is 0 Å². The normalized spacial score (nSPS) is 15.7. The largest absolute Gasteiger partial charge is 0.321 e. The van der Waals surface area contributed by atoms with Gasteiger partial charge in [-0.2, -0.15) is 0 Å². The molecular formula is C29H33FN6O. The standard InChI is InChI=1S/C29H33FN6O/c1-6-29(4,5)36-27(32-33-34-36)26(24-17-22-16-18(2)15-19(3)25(22)31-28(24)37)35-13-11-21(12-14-35)20-7-9-23(30)10-8-20/h7-11,15-17,26H,6,12-14H2,1-5H3,(H,31,37)/t26-/m1/s1. The second kappa shape index (κ2) is 9.67. The van der Waals surface area contributed by atoms with E-state index in [-0.39, 0.29) is 16.9 Å². The SMILES string of the molecule is CCC(C)(C)n1nnnc1[C@@H](c1cc2cc(C)cc(C)c2[nH]c1=O)N1CC=C(c2ccc(F)cc2)CC1. The van der Waals surface area contributed by atoms with Crippen LogP contribution < -0.4 is 5.56 Å². The molecule has 2 aromatic heterocycles. The van der Waals surface area contributed by atoms with Crippen LogP contribution in [0.4, 0.5) is 4.39 Å². The number of nitrogens with one attached hydrogen (secondary N) is 1. The number of fused-ring (bicyclic) bond motifs is 1. The molecule has 37 heavy (non-hydrogen) atoms. The van der Waals surface area contributed by atoms with Crippen LogP contribution >= 0.6 is 0 Å². The highest BCUT2D eigenvalue weighted by molar-refractivity contribution is 5.83. The fourth-order valence-corrected chi connectivity index (χ4v) is 5.20. The first-order valence-electron chi connectivity index (χ1n) is 12.8. The summed E-state index contributed by atoms with van der Waals surface area (Å²) in [5, 5.41) is 13.9. The zero-order chi connectivity index (χ0) is 26.3. The average Bonchev–Trinajstić information content (AvgIpc) is 3.36. The molecule has 2 aromatic carbocycles. The summed E-state index contributed by atoms with van der Waals surface area (Å²) in [6.07, 6.45) is 3.76. The van der Waals surface area contributed by atoms with Crippen molar-refractivity contribution >= 4 is 16.5 Å².